The summed E-state index contributed by atoms with van der Waals surface area (Å²) < 4.78 is 0. The van der Waals surface area contributed by atoms with Crippen molar-refractivity contribution in [3.8, 4) is 0 Å². The smallest absolute Gasteiger partial charge is 0.152 e. The first-order valence-corrected chi connectivity index (χ1v) is 5.89. The molecule has 0 saturated heterocycles. The van der Waals surface area contributed by atoms with Crippen LogP contribution in [0.4, 0.5) is 0 Å². The van der Waals surface area contributed by atoms with E-state index in [9.17, 15) is 4.79 Å². The molecule has 14 heavy (non-hydrogen) atoms. The van der Waals surface area contributed by atoms with Crippen molar-refractivity contribution in [1.29, 1.82) is 0 Å². The van der Waals surface area contributed by atoms with Crippen LogP contribution in [0.3, 0.4) is 0 Å². The third-order valence-corrected chi connectivity index (χ3v) is 2.66. The Labute approximate surface area is 93.3 Å². The Morgan fingerprint density at radius 2 is 1.79 bits per heavy atom. The van der Waals surface area contributed by atoms with Gasteiger partial charge in [-0.3, -0.25) is 10.1 Å². The van der Waals surface area contributed by atoms with Crippen LogP contribution in [0.25, 0.3) is 0 Å². The molecular formula is C11H23NOS. The van der Waals surface area contributed by atoms with Crippen molar-refractivity contribution in [2.24, 2.45) is 11.8 Å². The van der Waals surface area contributed by atoms with Gasteiger partial charge >= 0.3 is 0 Å². The summed E-state index contributed by atoms with van der Waals surface area (Å²) in [6, 6.07) is -0.0486. The topological polar surface area (TPSA) is 29.1 Å². The minimum Gasteiger partial charge on any atom is -0.298 e. The van der Waals surface area contributed by atoms with Crippen molar-refractivity contribution in [3.63, 3.8) is 0 Å². The van der Waals surface area contributed by atoms with E-state index in [1.54, 1.807) is 0 Å². The van der Waals surface area contributed by atoms with Gasteiger partial charge in [-0.2, -0.15) is 12.6 Å². The number of nitrogens with one attached hydrogen (secondary N) is 1. The van der Waals surface area contributed by atoms with Gasteiger partial charge in [0, 0.05) is 11.3 Å². The highest BCUT2D eigenvalue weighted by molar-refractivity contribution is 7.80. The second-order valence-corrected chi connectivity index (χ2v) is 5.04. The van der Waals surface area contributed by atoms with E-state index in [1.807, 2.05) is 20.8 Å². The first-order valence-electron chi connectivity index (χ1n) is 5.38. The molecule has 0 heterocycles. The van der Waals surface area contributed by atoms with Gasteiger partial charge in [0.15, 0.2) is 5.78 Å². The molecule has 2 nitrogen and oxygen atoms in total. The quantitative estimate of drug-likeness (QED) is 0.529. The summed E-state index contributed by atoms with van der Waals surface area (Å²) in [5, 5.41) is 3.29. The van der Waals surface area contributed by atoms with E-state index in [0.29, 0.717) is 11.7 Å². The molecule has 0 aliphatic carbocycles. The number of rotatable bonds is 6. The lowest BCUT2D eigenvalue weighted by atomic mass is 9.90. The Balaban J connectivity index is 4.46. The highest BCUT2D eigenvalue weighted by atomic mass is 32.1. The SMILES string of the molecule is CCC(C)C(NC(C)S)C(=O)C(C)C. The maximum Gasteiger partial charge on any atom is 0.152 e. The summed E-state index contributed by atoms with van der Waals surface area (Å²) >= 11 is 4.27. The van der Waals surface area contributed by atoms with Gasteiger partial charge in [-0.05, 0) is 12.8 Å². The Morgan fingerprint density at radius 1 is 1.29 bits per heavy atom. The van der Waals surface area contributed by atoms with Crippen LogP contribution in [-0.2, 0) is 4.79 Å². The fourth-order valence-corrected chi connectivity index (χ4v) is 1.54. The van der Waals surface area contributed by atoms with E-state index < -0.39 is 0 Å². The van der Waals surface area contributed by atoms with E-state index in [0.717, 1.165) is 6.42 Å². The van der Waals surface area contributed by atoms with Crippen LogP contribution >= 0.6 is 12.6 Å². The van der Waals surface area contributed by atoms with Crippen LogP contribution in [-0.4, -0.2) is 17.2 Å². The van der Waals surface area contributed by atoms with E-state index in [2.05, 4.69) is 31.8 Å². The largest absolute Gasteiger partial charge is 0.298 e. The average Bonchev–Trinajstić information content (AvgIpc) is 2.11. The summed E-state index contributed by atoms with van der Waals surface area (Å²) in [6.45, 7) is 10.1. The molecule has 0 rings (SSSR count). The molecule has 0 fully saturated rings. The maximum absolute atomic E-state index is 11.9. The fraction of sp³-hybridized carbons (Fsp3) is 0.909. The Hall–Kier alpha value is -0.0200. The van der Waals surface area contributed by atoms with Gasteiger partial charge < -0.3 is 0 Å². The van der Waals surface area contributed by atoms with Crippen LogP contribution < -0.4 is 5.32 Å². The Morgan fingerprint density at radius 3 is 2.07 bits per heavy atom. The second kappa shape index (κ2) is 6.46. The van der Waals surface area contributed by atoms with Crippen LogP contribution in [0.15, 0.2) is 0 Å². The zero-order valence-corrected chi connectivity index (χ0v) is 10.8. The monoisotopic (exact) mass is 217 g/mol. The number of carbonyl (C=O) groups excluding carboxylic acids is 1. The van der Waals surface area contributed by atoms with Gasteiger partial charge in [-0.25, -0.2) is 0 Å². The van der Waals surface area contributed by atoms with Crippen LogP contribution in [0.5, 0.6) is 0 Å². The number of hydrogen-bond donors (Lipinski definition) is 2. The van der Waals surface area contributed by atoms with Crippen LogP contribution in [0.2, 0.25) is 0 Å². The molecule has 0 saturated carbocycles. The van der Waals surface area contributed by atoms with Gasteiger partial charge in [0.05, 0.1) is 6.04 Å². The number of ketones is 1. The molecule has 3 atom stereocenters. The van der Waals surface area contributed by atoms with Gasteiger partial charge in [0.25, 0.3) is 0 Å². The van der Waals surface area contributed by atoms with E-state index in [4.69, 9.17) is 0 Å². The number of hydrogen-bond acceptors (Lipinski definition) is 3. The summed E-state index contributed by atoms with van der Waals surface area (Å²) in [4.78, 5) is 11.9. The highest BCUT2D eigenvalue weighted by Crippen LogP contribution is 2.14. The Kier molecular flexibility index (Phi) is 6.45. The zero-order valence-electron chi connectivity index (χ0n) is 9.87. The predicted molar refractivity (Wildman–Crippen MR) is 64.7 cm³/mol. The fourth-order valence-electron chi connectivity index (χ4n) is 1.38. The van der Waals surface area contributed by atoms with Crippen molar-refractivity contribution in [3.05, 3.63) is 0 Å². The second-order valence-electron chi connectivity index (χ2n) is 4.26. The van der Waals surface area contributed by atoms with Crippen LogP contribution in [0, 0.1) is 11.8 Å². The highest BCUT2D eigenvalue weighted by Gasteiger charge is 2.26. The van der Waals surface area contributed by atoms with Crippen molar-refractivity contribution >= 4 is 18.4 Å². The maximum atomic E-state index is 11.9. The summed E-state index contributed by atoms with van der Waals surface area (Å²) in [6.07, 6.45) is 1.01. The molecule has 0 aliphatic heterocycles. The number of carbonyl (C=O) groups is 1. The van der Waals surface area contributed by atoms with Crippen molar-refractivity contribution in [2.75, 3.05) is 0 Å². The molecule has 0 aromatic heterocycles. The van der Waals surface area contributed by atoms with Crippen LogP contribution in [0.1, 0.15) is 41.0 Å². The normalized spacial score (nSPS) is 17.9. The molecule has 0 amide bonds. The molecule has 0 spiro atoms. The summed E-state index contributed by atoms with van der Waals surface area (Å²) in [7, 11) is 0. The van der Waals surface area contributed by atoms with E-state index in [1.165, 1.54) is 0 Å². The number of thiol groups is 1. The molecule has 0 aliphatic rings. The number of Topliss-reactive ketones (excluding diaryl/α,β-unsaturated/α-hetero) is 1. The molecule has 0 radical (unpaired) electrons. The van der Waals surface area contributed by atoms with Gasteiger partial charge in [0.2, 0.25) is 0 Å². The third-order valence-electron chi connectivity index (χ3n) is 2.51. The minimum absolute atomic E-state index is 0.0486. The molecule has 0 aromatic carbocycles. The molecule has 0 aromatic rings. The van der Waals surface area contributed by atoms with Crippen molar-refractivity contribution in [1.82, 2.24) is 5.32 Å². The standard InChI is InChI=1S/C11H23NOS/c1-6-8(4)10(12-9(5)14)11(13)7(2)3/h7-10,12,14H,6H2,1-5H3. The average molecular weight is 217 g/mol. The van der Waals surface area contributed by atoms with E-state index in [-0.39, 0.29) is 17.3 Å². The van der Waals surface area contributed by atoms with Crippen molar-refractivity contribution in [2.45, 2.75) is 52.5 Å². The molecular weight excluding hydrogens is 194 g/mol. The first-order chi connectivity index (χ1) is 6.40. The summed E-state index contributed by atoms with van der Waals surface area (Å²) in [5.74, 6) is 0.758. The van der Waals surface area contributed by atoms with Gasteiger partial charge in [-0.1, -0.05) is 34.1 Å². The molecule has 1 N–H and O–H groups in total. The Bertz CT molecular complexity index is 180. The summed E-state index contributed by atoms with van der Waals surface area (Å²) in [5.41, 5.74) is 0. The lowest BCUT2D eigenvalue weighted by molar-refractivity contribution is -0.125. The lowest BCUT2D eigenvalue weighted by Gasteiger charge is -2.26. The van der Waals surface area contributed by atoms with Crippen molar-refractivity contribution < 1.29 is 4.79 Å². The third kappa shape index (κ3) is 4.47. The van der Waals surface area contributed by atoms with Gasteiger partial charge in [-0.15, -0.1) is 0 Å². The van der Waals surface area contributed by atoms with Gasteiger partial charge in [0.1, 0.15) is 0 Å². The van der Waals surface area contributed by atoms with E-state index >= 15 is 0 Å². The molecule has 3 unspecified atom stereocenters. The minimum atomic E-state index is -0.0486. The first kappa shape index (κ1) is 14.0. The molecule has 3 heteroatoms. The predicted octanol–water partition coefficient (Wildman–Crippen LogP) is 2.49. The molecule has 0 bridgehead atoms. The lowest BCUT2D eigenvalue weighted by Crippen LogP contribution is -2.46. The zero-order chi connectivity index (χ0) is 11.3. The molecule has 84 valence electrons.